The Morgan fingerprint density at radius 1 is 1.33 bits per heavy atom. The van der Waals surface area contributed by atoms with Crippen LogP contribution in [0.4, 0.5) is 5.69 Å². The molecule has 1 aromatic rings. The van der Waals surface area contributed by atoms with Gasteiger partial charge in [0, 0.05) is 12.6 Å². The molecule has 2 atom stereocenters. The minimum atomic E-state index is -3.26. The molecule has 8 heteroatoms. The lowest BCUT2D eigenvalue weighted by molar-refractivity contribution is 0.0929. The highest BCUT2D eigenvalue weighted by Gasteiger charge is 2.30. The van der Waals surface area contributed by atoms with E-state index in [-0.39, 0.29) is 22.7 Å². The zero-order valence-electron chi connectivity index (χ0n) is 13.4. The highest BCUT2D eigenvalue weighted by molar-refractivity contribution is 7.93. The fraction of sp³-hybridized carbons (Fsp3) is 0.562. The van der Waals surface area contributed by atoms with Gasteiger partial charge in [0.25, 0.3) is 5.91 Å². The van der Waals surface area contributed by atoms with Crippen molar-refractivity contribution in [3.8, 4) is 0 Å². The summed E-state index contributed by atoms with van der Waals surface area (Å²) in [7, 11) is -3.26. The first kappa shape index (κ1) is 17.5. The maximum Gasteiger partial charge on any atom is 0.253 e. The second kappa shape index (κ2) is 6.90. The van der Waals surface area contributed by atoms with Crippen molar-refractivity contribution in [2.45, 2.75) is 31.7 Å². The summed E-state index contributed by atoms with van der Waals surface area (Å²) in [5.74, 6) is 0.220. The van der Waals surface area contributed by atoms with Crippen molar-refractivity contribution in [3.05, 3.63) is 28.8 Å². The summed E-state index contributed by atoms with van der Waals surface area (Å²) in [6, 6.07) is 4.86. The Labute approximate surface area is 147 Å². The molecule has 0 bridgehead atoms. The normalized spacial score (nSPS) is 25.8. The molecule has 24 heavy (non-hydrogen) atoms. The van der Waals surface area contributed by atoms with Crippen molar-refractivity contribution in [2.24, 2.45) is 11.7 Å². The van der Waals surface area contributed by atoms with Crippen molar-refractivity contribution < 1.29 is 13.2 Å². The molecule has 0 unspecified atom stereocenters. The van der Waals surface area contributed by atoms with E-state index in [1.807, 2.05) is 0 Å². The Morgan fingerprint density at radius 3 is 2.75 bits per heavy atom. The van der Waals surface area contributed by atoms with E-state index in [1.165, 1.54) is 4.31 Å². The summed E-state index contributed by atoms with van der Waals surface area (Å²) in [4.78, 5) is 12.5. The molecule has 6 nitrogen and oxygen atoms in total. The average molecular weight is 372 g/mol. The lowest BCUT2D eigenvalue weighted by Gasteiger charge is -2.21. The van der Waals surface area contributed by atoms with Gasteiger partial charge in [-0.1, -0.05) is 18.0 Å². The Balaban J connectivity index is 1.76. The second-order valence-corrected chi connectivity index (χ2v) is 8.83. The molecule has 1 aliphatic carbocycles. The molecule has 2 fully saturated rings. The van der Waals surface area contributed by atoms with Gasteiger partial charge in [0.15, 0.2) is 0 Å². The molecule has 1 heterocycles. The fourth-order valence-electron chi connectivity index (χ4n) is 3.53. The van der Waals surface area contributed by atoms with Gasteiger partial charge in [-0.05, 0) is 49.9 Å². The number of carbonyl (C=O) groups is 1. The predicted octanol–water partition coefficient (Wildman–Crippen LogP) is 1.74. The number of anilines is 1. The third kappa shape index (κ3) is 3.38. The van der Waals surface area contributed by atoms with Crippen LogP contribution in [0.15, 0.2) is 18.2 Å². The molecule has 3 N–H and O–H groups in total. The number of rotatable bonds is 4. The van der Waals surface area contributed by atoms with Crippen molar-refractivity contribution in [1.29, 1.82) is 0 Å². The maximum atomic E-state index is 12.5. The highest BCUT2D eigenvalue weighted by Crippen LogP contribution is 2.30. The van der Waals surface area contributed by atoms with E-state index >= 15 is 0 Å². The van der Waals surface area contributed by atoms with Crippen LogP contribution in [-0.2, 0) is 10.0 Å². The third-order valence-corrected chi connectivity index (χ3v) is 7.05. The van der Waals surface area contributed by atoms with Crippen LogP contribution in [0.2, 0.25) is 5.02 Å². The van der Waals surface area contributed by atoms with Crippen molar-refractivity contribution in [3.63, 3.8) is 0 Å². The number of amides is 1. The smallest absolute Gasteiger partial charge is 0.253 e. The van der Waals surface area contributed by atoms with Crippen LogP contribution in [0.3, 0.4) is 0 Å². The zero-order chi connectivity index (χ0) is 17.3. The Morgan fingerprint density at radius 2 is 2.12 bits per heavy atom. The largest absolute Gasteiger partial charge is 0.349 e. The molecule has 3 rings (SSSR count). The minimum absolute atomic E-state index is 0.0807. The lowest BCUT2D eigenvalue weighted by atomic mass is 10.0. The molecule has 0 spiro atoms. The summed E-state index contributed by atoms with van der Waals surface area (Å²) >= 11 is 6.24. The number of benzene rings is 1. The maximum absolute atomic E-state index is 12.5. The number of nitrogens with two attached hydrogens (primary N) is 1. The average Bonchev–Trinajstić information content (AvgIpc) is 3.12. The van der Waals surface area contributed by atoms with Crippen molar-refractivity contribution >= 4 is 33.2 Å². The molecule has 0 aromatic heterocycles. The number of hydrogen-bond acceptors (Lipinski definition) is 4. The quantitative estimate of drug-likeness (QED) is 0.843. The molecule has 0 radical (unpaired) electrons. The number of nitrogens with zero attached hydrogens (tertiary/aromatic N) is 1. The Bertz CT molecular complexity index is 738. The first-order chi connectivity index (χ1) is 11.4. The molecular formula is C16H22ClN3O3S. The fourth-order valence-corrected chi connectivity index (χ4v) is 5.34. The molecule has 1 amide bonds. The Hall–Kier alpha value is -1.31. The van der Waals surface area contributed by atoms with Crippen LogP contribution in [0.5, 0.6) is 0 Å². The molecule has 1 saturated carbocycles. The van der Waals surface area contributed by atoms with Crippen LogP contribution in [-0.4, -0.2) is 39.2 Å². The monoisotopic (exact) mass is 371 g/mol. The van der Waals surface area contributed by atoms with Crippen LogP contribution < -0.4 is 15.4 Å². The number of nitrogens with one attached hydrogen (secondary N) is 1. The summed E-state index contributed by atoms with van der Waals surface area (Å²) in [5.41, 5.74) is 6.61. The molecule has 2 aliphatic rings. The molecular weight excluding hydrogens is 350 g/mol. The van der Waals surface area contributed by atoms with Crippen molar-refractivity contribution in [1.82, 2.24) is 5.32 Å². The van der Waals surface area contributed by atoms with Gasteiger partial charge in [-0.15, -0.1) is 0 Å². The second-order valence-electron chi connectivity index (χ2n) is 6.41. The van der Waals surface area contributed by atoms with E-state index in [0.717, 1.165) is 19.3 Å². The standard InChI is InChI=1S/C16H22ClN3O3S/c17-14-9-12(20-7-2-8-24(20,22)23)5-6-13(14)16(21)19-15-4-1-3-11(15)10-18/h5-6,9,11,15H,1-4,7-8,10,18H2,(H,19,21)/t11-,15-/m1/s1. The van der Waals surface area contributed by atoms with Gasteiger partial charge in [0.1, 0.15) is 0 Å². The molecule has 132 valence electrons. The van der Waals surface area contributed by atoms with Gasteiger partial charge in [-0.25, -0.2) is 8.42 Å². The van der Waals surface area contributed by atoms with E-state index in [9.17, 15) is 13.2 Å². The van der Waals surface area contributed by atoms with Crippen LogP contribution >= 0.6 is 11.6 Å². The summed E-state index contributed by atoms with van der Waals surface area (Å²) in [6.07, 6.45) is 3.62. The SMILES string of the molecule is NC[C@H]1CCC[C@H]1NC(=O)c1ccc(N2CCCS2(=O)=O)cc1Cl. The summed E-state index contributed by atoms with van der Waals surface area (Å²) in [5, 5.41) is 3.27. The van der Waals surface area contributed by atoms with Gasteiger partial charge in [-0.2, -0.15) is 0 Å². The van der Waals surface area contributed by atoms with Crippen LogP contribution in [0.25, 0.3) is 0 Å². The molecule has 1 aliphatic heterocycles. The van der Waals surface area contributed by atoms with Crippen LogP contribution in [0, 0.1) is 5.92 Å². The van der Waals surface area contributed by atoms with Gasteiger partial charge >= 0.3 is 0 Å². The third-order valence-electron chi connectivity index (χ3n) is 4.86. The van der Waals surface area contributed by atoms with Gasteiger partial charge in [0.2, 0.25) is 10.0 Å². The van der Waals surface area contributed by atoms with E-state index in [2.05, 4.69) is 5.32 Å². The van der Waals surface area contributed by atoms with Gasteiger partial charge in [-0.3, -0.25) is 9.10 Å². The minimum Gasteiger partial charge on any atom is -0.349 e. The van der Waals surface area contributed by atoms with E-state index in [0.29, 0.717) is 36.7 Å². The zero-order valence-corrected chi connectivity index (χ0v) is 14.9. The first-order valence-electron chi connectivity index (χ1n) is 8.23. The molecule has 1 aromatic carbocycles. The van der Waals surface area contributed by atoms with E-state index in [4.69, 9.17) is 17.3 Å². The summed E-state index contributed by atoms with van der Waals surface area (Å²) < 4.78 is 25.3. The number of halogens is 1. The Kier molecular flexibility index (Phi) is 5.03. The summed E-state index contributed by atoms with van der Waals surface area (Å²) in [6.45, 7) is 1.01. The first-order valence-corrected chi connectivity index (χ1v) is 10.2. The topological polar surface area (TPSA) is 92.5 Å². The molecule has 1 saturated heterocycles. The lowest BCUT2D eigenvalue weighted by Crippen LogP contribution is -2.40. The number of carbonyl (C=O) groups excluding carboxylic acids is 1. The number of sulfonamides is 1. The van der Waals surface area contributed by atoms with Crippen LogP contribution in [0.1, 0.15) is 36.0 Å². The predicted molar refractivity (Wildman–Crippen MR) is 94.9 cm³/mol. The van der Waals surface area contributed by atoms with E-state index in [1.54, 1.807) is 18.2 Å². The van der Waals surface area contributed by atoms with E-state index < -0.39 is 10.0 Å². The highest BCUT2D eigenvalue weighted by atomic mass is 35.5. The number of hydrogen-bond donors (Lipinski definition) is 2. The van der Waals surface area contributed by atoms with Gasteiger partial charge in [0.05, 0.1) is 22.0 Å². The van der Waals surface area contributed by atoms with Crippen molar-refractivity contribution in [2.75, 3.05) is 23.1 Å². The van der Waals surface area contributed by atoms with Gasteiger partial charge < -0.3 is 11.1 Å².